The number of hydrogen-bond acceptors (Lipinski definition) is 2. The Morgan fingerprint density at radius 1 is 1.23 bits per heavy atom. The normalized spacial score (nSPS) is 28.1. The zero-order valence-corrected chi connectivity index (χ0v) is 8.34. The van der Waals surface area contributed by atoms with E-state index in [0.29, 0.717) is 24.9 Å². The Labute approximate surface area is 79.7 Å². The number of Topliss-reactive ketones (excluding diaryl/α,β-unsaturated/α-hetero) is 1. The van der Waals surface area contributed by atoms with Gasteiger partial charge in [-0.3, -0.25) is 4.79 Å². The van der Waals surface area contributed by atoms with Crippen molar-refractivity contribution in [1.82, 2.24) is 0 Å². The summed E-state index contributed by atoms with van der Waals surface area (Å²) < 4.78 is 5.23. The summed E-state index contributed by atoms with van der Waals surface area (Å²) in [5.74, 6) is 0.971. The summed E-state index contributed by atoms with van der Waals surface area (Å²) in [6, 6.07) is 0. The van der Waals surface area contributed by atoms with Crippen LogP contribution in [0.15, 0.2) is 0 Å². The van der Waals surface area contributed by atoms with Crippen LogP contribution in [0.25, 0.3) is 0 Å². The van der Waals surface area contributed by atoms with Gasteiger partial charge in [0.15, 0.2) is 0 Å². The van der Waals surface area contributed by atoms with E-state index >= 15 is 0 Å². The van der Waals surface area contributed by atoms with Crippen LogP contribution in [0, 0.1) is 11.3 Å². The first-order valence-corrected chi connectivity index (χ1v) is 5.34. The van der Waals surface area contributed by atoms with E-state index in [1.54, 1.807) is 6.92 Å². The molecule has 0 aromatic heterocycles. The van der Waals surface area contributed by atoms with Crippen molar-refractivity contribution in [3.63, 3.8) is 0 Å². The maximum absolute atomic E-state index is 11.6. The lowest BCUT2D eigenvalue weighted by atomic mass is 9.65. The van der Waals surface area contributed by atoms with Gasteiger partial charge >= 0.3 is 0 Å². The molecule has 2 heteroatoms. The third kappa shape index (κ3) is 1.41. The van der Waals surface area contributed by atoms with Gasteiger partial charge in [-0.1, -0.05) is 19.3 Å². The summed E-state index contributed by atoms with van der Waals surface area (Å²) in [7, 11) is 0. The van der Waals surface area contributed by atoms with E-state index in [1.807, 2.05) is 0 Å². The quantitative estimate of drug-likeness (QED) is 0.654. The average Bonchev–Trinajstić information content (AvgIpc) is 2.03. The Bertz CT molecular complexity index is 200. The van der Waals surface area contributed by atoms with Gasteiger partial charge in [0.25, 0.3) is 0 Å². The van der Waals surface area contributed by atoms with Gasteiger partial charge < -0.3 is 4.74 Å². The number of ether oxygens (including phenoxy) is 1. The molecule has 74 valence electrons. The second-order valence-corrected chi connectivity index (χ2v) is 4.54. The Balaban J connectivity index is 2.06. The second kappa shape index (κ2) is 3.41. The average molecular weight is 182 g/mol. The highest BCUT2D eigenvalue weighted by molar-refractivity contribution is 5.83. The Hall–Kier alpha value is -0.370. The van der Waals surface area contributed by atoms with Crippen LogP contribution >= 0.6 is 0 Å². The summed E-state index contributed by atoms with van der Waals surface area (Å²) in [5, 5.41) is 0. The molecule has 0 spiro atoms. The molecule has 0 N–H and O–H groups in total. The van der Waals surface area contributed by atoms with Crippen LogP contribution in [0.3, 0.4) is 0 Å². The second-order valence-electron chi connectivity index (χ2n) is 4.54. The maximum atomic E-state index is 11.6. The summed E-state index contributed by atoms with van der Waals surface area (Å²) in [4.78, 5) is 11.6. The molecule has 1 aliphatic carbocycles. The molecule has 2 aliphatic rings. The van der Waals surface area contributed by atoms with Crippen LogP contribution in [0.5, 0.6) is 0 Å². The Kier molecular flexibility index (Phi) is 2.41. The first-order valence-electron chi connectivity index (χ1n) is 5.34. The summed E-state index contributed by atoms with van der Waals surface area (Å²) in [6.45, 7) is 3.11. The third-order valence-electron chi connectivity index (χ3n) is 3.81. The number of hydrogen-bond donors (Lipinski definition) is 0. The number of carbonyl (C=O) groups excluding carboxylic acids is 1. The van der Waals surface area contributed by atoms with Crippen molar-refractivity contribution in [1.29, 1.82) is 0 Å². The number of carbonyl (C=O) groups is 1. The largest absolute Gasteiger partial charge is 0.379 e. The topological polar surface area (TPSA) is 26.3 Å². The molecule has 1 heterocycles. The van der Waals surface area contributed by atoms with Gasteiger partial charge in [0.1, 0.15) is 5.78 Å². The lowest BCUT2D eigenvalue weighted by molar-refractivity contribution is -0.173. The molecule has 2 fully saturated rings. The fourth-order valence-corrected chi connectivity index (χ4v) is 2.70. The molecule has 0 unspecified atom stereocenters. The summed E-state index contributed by atoms with van der Waals surface area (Å²) >= 11 is 0. The van der Waals surface area contributed by atoms with Crippen molar-refractivity contribution in [3.8, 4) is 0 Å². The highest BCUT2D eigenvalue weighted by atomic mass is 16.5. The number of rotatable bonds is 2. The van der Waals surface area contributed by atoms with Crippen molar-refractivity contribution in [3.05, 3.63) is 0 Å². The molecule has 2 rings (SSSR count). The zero-order valence-electron chi connectivity index (χ0n) is 8.34. The summed E-state index contributed by atoms with van der Waals surface area (Å²) in [6.07, 6.45) is 6.44. The minimum Gasteiger partial charge on any atom is -0.379 e. The van der Waals surface area contributed by atoms with E-state index in [0.717, 1.165) is 0 Å². The van der Waals surface area contributed by atoms with Gasteiger partial charge in [-0.25, -0.2) is 0 Å². The molecule has 0 aromatic carbocycles. The Morgan fingerprint density at radius 2 is 1.85 bits per heavy atom. The van der Waals surface area contributed by atoms with Crippen molar-refractivity contribution in [2.75, 3.05) is 13.2 Å². The van der Waals surface area contributed by atoms with E-state index in [4.69, 9.17) is 4.74 Å². The smallest absolute Gasteiger partial charge is 0.140 e. The number of ketones is 1. The molecule has 0 aromatic rings. The Morgan fingerprint density at radius 3 is 2.23 bits per heavy atom. The molecule has 1 aliphatic heterocycles. The molecule has 13 heavy (non-hydrogen) atoms. The van der Waals surface area contributed by atoms with Gasteiger partial charge in [0, 0.05) is 0 Å². The molecule has 1 saturated heterocycles. The fourth-order valence-electron chi connectivity index (χ4n) is 2.70. The van der Waals surface area contributed by atoms with Gasteiger partial charge in [-0.15, -0.1) is 0 Å². The minimum absolute atomic E-state index is 0.0690. The minimum atomic E-state index is -0.0690. The monoisotopic (exact) mass is 182 g/mol. The van der Waals surface area contributed by atoms with Crippen molar-refractivity contribution in [2.24, 2.45) is 11.3 Å². The van der Waals surface area contributed by atoms with Gasteiger partial charge in [0.05, 0.1) is 18.6 Å². The van der Waals surface area contributed by atoms with E-state index in [1.165, 1.54) is 32.1 Å². The van der Waals surface area contributed by atoms with Gasteiger partial charge in [-0.2, -0.15) is 0 Å². The van der Waals surface area contributed by atoms with Crippen LogP contribution in [-0.4, -0.2) is 19.0 Å². The standard InChI is InChI=1S/C11H18O2/c1-9(12)11(7-13-8-11)10-5-3-2-4-6-10/h10H,2-8H2,1H3. The first kappa shape index (κ1) is 9.20. The maximum Gasteiger partial charge on any atom is 0.140 e. The molecule has 2 nitrogen and oxygen atoms in total. The highest BCUT2D eigenvalue weighted by Crippen LogP contribution is 2.44. The molecular formula is C11H18O2. The van der Waals surface area contributed by atoms with Gasteiger partial charge in [0.2, 0.25) is 0 Å². The van der Waals surface area contributed by atoms with E-state index < -0.39 is 0 Å². The van der Waals surface area contributed by atoms with Crippen molar-refractivity contribution >= 4 is 5.78 Å². The van der Waals surface area contributed by atoms with Crippen LogP contribution in [0.4, 0.5) is 0 Å². The van der Waals surface area contributed by atoms with Crippen LogP contribution in [0.2, 0.25) is 0 Å². The molecular weight excluding hydrogens is 164 g/mol. The van der Waals surface area contributed by atoms with Crippen molar-refractivity contribution in [2.45, 2.75) is 39.0 Å². The van der Waals surface area contributed by atoms with E-state index in [2.05, 4.69) is 0 Å². The van der Waals surface area contributed by atoms with Crippen molar-refractivity contribution < 1.29 is 9.53 Å². The highest BCUT2D eigenvalue weighted by Gasteiger charge is 2.49. The lowest BCUT2D eigenvalue weighted by Crippen LogP contribution is -2.53. The van der Waals surface area contributed by atoms with Crippen LogP contribution in [0.1, 0.15) is 39.0 Å². The molecule has 1 saturated carbocycles. The predicted octanol–water partition coefficient (Wildman–Crippen LogP) is 2.17. The lowest BCUT2D eigenvalue weighted by Gasteiger charge is -2.46. The SMILES string of the molecule is CC(=O)C1(C2CCCCC2)COC1. The van der Waals surface area contributed by atoms with Gasteiger partial charge in [-0.05, 0) is 25.7 Å². The predicted molar refractivity (Wildman–Crippen MR) is 50.5 cm³/mol. The zero-order chi connectivity index (χ0) is 9.31. The summed E-state index contributed by atoms with van der Waals surface area (Å²) in [5.41, 5.74) is -0.0690. The molecule has 0 atom stereocenters. The molecule has 0 bridgehead atoms. The van der Waals surface area contributed by atoms with Crippen LogP contribution < -0.4 is 0 Å². The molecule has 0 amide bonds. The van der Waals surface area contributed by atoms with Crippen LogP contribution in [-0.2, 0) is 9.53 Å². The van der Waals surface area contributed by atoms with E-state index in [-0.39, 0.29) is 5.41 Å². The van der Waals surface area contributed by atoms with E-state index in [9.17, 15) is 4.79 Å². The first-order chi connectivity index (χ1) is 6.26. The fraction of sp³-hybridized carbons (Fsp3) is 0.909. The third-order valence-corrected chi connectivity index (χ3v) is 3.81. The molecule has 0 radical (unpaired) electrons.